The molecule has 5 nitrogen and oxygen atoms in total. The number of anilines is 1. The van der Waals surface area contributed by atoms with Gasteiger partial charge in [-0.15, -0.1) is 0 Å². The topological polar surface area (TPSA) is 70.1 Å². The number of benzene rings is 1. The maximum Gasteiger partial charge on any atom is 0.339 e. The summed E-state index contributed by atoms with van der Waals surface area (Å²) < 4.78 is 7.81. The summed E-state index contributed by atoms with van der Waals surface area (Å²) in [5, 5.41) is 4.39. The van der Waals surface area contributed by atoms with Crippen LogP contribution in [0.1, 0.15) is 42.4 Å². The predicted molar refractivity (Wildman–Crippen MR) is 84.9 cm³/mol. The normalized spacial score (nSPS) is 12.1. The van der Waals surface area contributed by atoms with Gasteiger partial charge >= 0.3 is 5.97 Å². The molecule has 1 heterocycles. The van der Waals surface area contributed by atoms with E-state index in [1.54, 1.807) is 18.2 Å². The van der Waals surface area contributed by atoms with E-state index in [0.717, 1.165) is 12.1 Å². The molecule has 0 saturated carbocycles. The molecule has 0 amide bonds. The molecular formula is C15H18BrN3O2. The molecule has 2 aromatic rings. The van der Waals surface area contributed by atoms with Crippen LogP contribution in [0.4, 0.5) is 5.69 Å². The quantitative estimate of drug-likeness (QED) is 0.660. The standard InChI is InChI=1S/C15H18BrN3O2/c1-3-10(2)19-7-6-12(18-19)9-21-15(20)13-8-11(17)4-5-14(13)16/h4-8,10H,3,9,17H2,1-2H3. The fourth-order valence-corrected chi connectivity index (χ4v) is 2.21. The van der Waals surface area contributed by atoms with Crippen molar-refractivity contribution in [2.75, 3.05) is 5.73 Å². The van der Waals surface area contributed by atoms with Crippen molar-refractivity contribution in [2.24, 2.45) is 0 Å². The van der Waals surface area contributed by atoms with Crippen molar-refractivity contribution in [3.05, 3.63) is 46.2 Å². The molecule has 0 saturated heterocycles. The van der Waals surface area contributed by atoms with E-state index in [4.69, 9.17) is 10.5 Å². The monoisotopic (exact) mass is 351 g/mol. The second kappa shape index (κ2) is 6.76. The van der Waals surface area contributed by atoms with Crippen LogP contribution >= 0.6 is 15.9 Å². The summed E-state index contributed by atoms with van der Waals surface area (Å²) in [6.07, 6.45) is 2.89. The first kappa shape index (κ1) is 15.6. The van der Waals surface area contributed by atoms with Gasteiger partial charge in [-0.05, 0) is 53.5 Å². The van der Waals surface area contributed by atoms with Crippen molar-refractivity contribution in [3.8, 4) is 0 Å². The molecular weight excluding hydrogens is 334 g/mol. The minimum absolute atomic E-state index is 0.142. The lowest BCUT2D eigenvalue weighted by Crippen LogP contribution is -2.08. The highest BCUT2D eigenvalue weighted by Gasteiger charge is 2.13. The number of nitrogen functional groups attached to an aromatic ring is 1. The minimum atomic E-state index is -0.424. The first-order valence-electron chi connectivity index (χ1n) is 6.77. The Morgan fingerprint density at radius 1 is 1.48 bits per heavy atom. The van der Waals surface area contributed by atoms with Crippen LogP contribution in [-0.2, 0) is 11.3 Å². The number of nitrogens with two attached hydrogens (primary N) is 1. The molecule has 1 atom stereocenters. The third-order valence-corrected chi connectivity index (χ3v) is 3.96. The highest BCUT2D eigenvalue weighted by atomic mass is 79.9. The molecule has 1 aromatic carbocycles. The van der Waals surface area contributed by atoms with E-state index < -0.39 is 5.97 Å². The maximum absolute atomic E-state index is 12.0. The number of hydrogen-bond donors (Lipinski definition) is 1. The molecule has 2 N–H and O–H groups in total. The highest BCUT2D eigenvalue weighted by molar-refractivity contribution is 9.10. The zero-order chi connectivity index (χ0) is 15.4. The predicted octanol–water partition coefficient (Wildman–Crippen LogP) is 3.56. The number of esters is 1. The lowest BCUT2D eigenvalue weighted by atomic mass is 10.2. The number of nitrogens with zero attached hydrogens (tertiary/aromatic N) is 2. The van der Waals surface area contributed by atoms with Gasteiger partial charge < -0.3 is 10.5 Å². The van der Waals surface area contributed by atoms with E-state index in [1.807, 2.05) is 16.9 Å². The van der Waals surface area contributed by atoms with E-state index in [9.17, 15) is 4.79 Å². The number of carbonyl (C=O) groups is 1. The second-order valence-electron chi connectivity index (χ2n) is 4.86. The summed E-state index contributed by atoms with van der Waals surface area (Å²) in [6, 6.07) is 7.22. The molecule has 1 aromatic heterocycles. The highest BCUT2D eigenvalue weighted by Crippen LogP contribution is 2.21. The zero-order valence-electron chi connectivity index (χ0n) is 12.0. The Balaban J connectivity index is 2.01. The smallest absolute Gasteiger partial charge is 0.339 e. The van der Waals surface area contributed by atoms with Gasteiger partial charge in [-0.2, -0.15) is 5.10 Å². The molecule has 112 valence electrons. The second-order valence-corrected chi connectivity index (χ2v) is 5.71. The van der Waals surface area contributed by atoms with Crippen LogP contribution in [0.2, 0.25) is 0 Å². The molecule has 6 heteroatoms. The lowest BCUT2D eigenvalue weighted by molar-refractivity contribution is 0.0465. The van der Waals surface area contributed by atoms with Gasteiger partial charge in [0.1, 0.15) is 6.61 Å². The Hall–Kier alpha value is -1.82. The molecule has 1 unspecified atom stereocenters. The fourth-order valence-electron chi connectivity index (χ4n) is 1.80. The van der Waals surface area contributed by atoms with Crippen LogP contribution in [0.25, 0.3) is 0 Å². The molecule has 0 aliphatic rings. The molecule has 0 radical (unpaired) electrons. The van der Waals surface area contributed by atoms with Crippen molar-refractivity contribution >= 4 is 27.6 Å². The first-order valence-corrected chi connectivity index (χ1v) is 7.56. The molecule has 2 rings (SSSR count). The summed E-state index contributed by atoms with van der Waals surface area (Å²) in [5.74, 6) is -0.424. The Labute approximate surface area is 132 Å². The Morgan fingerprint density at radius 3 is 2.95 bits per heavy atom. The average molecular weight is 352 g/mol. The lowest BCUT2D eigenvalue weighted by Gasteiger charge is -2.08. The van der Waals surface area contributed by atoms with Crippen molar-refractivity contribution in [2.45, 2.75) is 32.9 Å². The van der Waals surface area contributed by atoms with E-state index in [-0.39, 0.29) is 6.61 Å². The SMILES string of the molecule is CCC(C)n1ccc(COC(=O)c2cc(N)ccc2Br)n1. The van der Waals surface area contributed by atoms with E-state index in [2.05, 4.69) is 34.9 Å². The Kier molecular flexibility index (Phi) is 5.01. The van der Waals surface area contributed by atoms with Crippen LogP contribution in [-0.4, -0.2) is 15.7 Å². The van der Waals surface area contributed by atoms with Crippen molar-refractivity contribution in [1.82, 2.24) is 9.78 Å². The van der Waals surface area contributed by atoms with Crippen LogP contribution in [0, 0.1) is 0 Å². The van der Waals surface area contributed by atoms with Crippen LogP contribution in [0.3, 0.4) is 0 Å². The van der Waals surface area contributed by atoms with Gasteiger partial charge in [0.2, 0.25) is 0 Å². The van der Waals surface area contributed by atoms with Crippen LogP contribution < -0.4 is 5.73 Å². The number of aromatic nitrogens is 2. The Bertz CT molecular complexity index is 640. The minimum Gasteiger partial charge on any atom is -0.455 e. The molecule has 0 aliphatic carbocycles. The Morgan fingerprint density at radius 2 is 2.24 bits per heavy atom. The van der Waals surface area contributed by atoms with Gasteiger partial charge in [-0.3, -0.25) is 4.68 Å². The molecule has 0 bridgehead atoms. The fraction of sp³-hybridized carbons (Fsp3) is 0.333. The van der Waals surface area contributed by atoms with Crippen LogP contribution in [0.5, 0.6) is 0 Å². The van der Waals surface area contributed by atoms with Gasteiger partial charge in [0.15, 0.2) is 0 Å². The van der Waals surface area contributed by atoms with Gasteiger partial charge in [0.25, 0.3) is 0 Å². The van der Waals surface area contributed by atoms with E-state index in [0.29, 0.717) is 21.8 Å². The van der Waals surface area contributed by atoms with Gasteiger partial charge in [0, 0.05) is 22.4 Å². The van der Waals surface area contributed by atoms with Gasteiger partial charge in [-0.1, -0.05) is 6.92 Å². The zero-order valence-corrected chi connectivity index (χ0v) is 13.6. The third-order valence-electron chi connectivity index (χ3n) is 3.27. The van der Waals surface area contributed by atoms with E-state index in [1.165, 1.54) is 0 Å². The number of carbonyl (C=O) groups excluding carboxylic acids is 1. The summed E-state index contributed by atoms with van der Waals surface area (Å²) in [6.45, 7) is 4.33. The molecule has 0 spiro atoms. The van der Waals surface area contributed by atoms with Crippen molar-refractivity contribution < 1.29 is 9.53 Å². The summed E-state index contributed by atoms with van der Waals surface area (Å²) >= 11 is 3.31. The summed E-state index contributed by atoms with van der Waals surface area (Å²) in [5.41, 5.74) is 7.34. The van der Waals surface area contributed by atoms with Gasteiger partial charge in [0.05, 0.1) is 11.3 Å². The first-order chi connectivity index (χ1) is 10.0. The number of rotatable bonds is 5. The van der Waals surface area contributed by atoms with E-state index >= 15 is 0 Å². The van der Waals surface area contributed by atoms with Crippen LogP contribution in [0.15, 0.2) is 34.9 Å². The largest absolute Gasteiger partial charge is 0.455 e. The maximum atomic E-state index is 12.0. The third kappa shape index (κ3) is 3.85. The molecule has 0 fully saturated rings. The average Bonchev–Trinajstić information content (AvgIpc) is 2.95. The summed E-state index contributed by atoms with van der Waals surface area (Å²) in [7, 11) is 0. The molecule has 0 aliphatic heterocycles. The number of halogens is 1. The number of hydrogen-bond acceptors (Lipinski definition) is 4. The number of ether oxygens (including phenoxy) is 1. The van der Waals surface area contributed by atoms with Gasteiger partial charge in [-0.25, -0.2) is 4.79 Å². The molecule has 21 heavy (non-hydrogen) atoms. The van der Waals surface area contributed by atoms with Crippen molar-refractivity contribution in [1.29, 1.82) is 0 Å². The summed E-state index contributed by atoms with van der Waals surface area (Å²) in [4.78, 5) is 12.0. The van der Waals surface area contributed by atoms with Crippen molar-refractivity contribution in [3.63, 3.8) is 0 Å².